The van der Waals surface area contributed by atoms with E-state index in [1.807, 2.05) is 31.2 Å². The summed E-state index contributed by atoms with van der Waals surface area (Å²) in [6, 6.07) is 10.9. The molecular formula is C28H29BrClNO6. The van der Waals surface area contributed by atoms with E-state index in [1.54, 1.807) is 19.1 Å². The number of carbonyl (C=O) groups excluding carboxylic acids is 2. The van der Waals surface area contributed by atoms with Gasteiger partial charge in [-0.05, 0) is 77.5 Å². The summed E-state index contributed by atoms with van der Waals surface area (Å²) in [4.78, 5) is 27.1. The second-order valence-electron chi connectivity index (χ2n) is 8.98. The average molecular weight is 591 g/mol. The van der Waals surface area contributed by atoms with Gasteiger partial charge in [-0.25, -0.2) is 4.79 Å². The van der Waals surface area contributed by atoms with Gasteiger partial charge >= 0.3 is 5.97 Å². The minimum Gasteiger partial charge on any atom is -0.503 e. The molecule has 0 fully saturated rings. The Morgan fingerprint density at radius 3 is 2.57 bits per heavy atom. The number of phenols is 1. The number of hydrogen-bond donors (Lipinski definition) is 2. The highest BCUT2D eigenvalue weighted by Gasteiger charge is 2.42. The number of ketones is 1. The highest BCUT2D eigenvalue weighted by molar-refractivity contribution is 9.10. The van der Waals surface area contributed by atoms with Crippen LogP contribution in [-0.2, 0) is 19.1 Å². The van der Waals surface area contributed by atoms with Gasteiger partial charge in [0.1, 0.15) is 6.61 Å². The number of rotatable bonds is 8. The molecule has 2 aromatic carbocycles. The van der Waals surface area contributed by atoms with E-state index >= 15 is 0 Å². The van der Waals surface area contributed by atoms with Crippen LogP contribution in [0.1, 0.15) is 49.7 Å². The Bertz CT molecular complexity index is 1270. The van der Waals surface area contributed by atoms with Crippen LogP contribution in [0.3, 0.4) is 0 Å². The first kappa shape index (κ1) is 27.2. The average Bonchev–Trinajstić information content (AvgIpc) is 2.86. The van der Waals surface area contributed by atoms with Gasteiger partial charge in [-0.1, -0.05) is 23.7 Å². The smallest absolute Gasteiger partial charge is 0.336 e. The third-order valence-electron chi connectivity index (χ3n) is 6.59. The SMILES string of the molecule is CCOc1cc([C@H]2C(C(=O)OCCOC)=C(C)NC3=C2C(=O)C[C@@H](c2ccc(Cl)cc2)C3)cc(Br)c1O. The summed E-state index contributed by atoms with van der Waals surface area (Å²) in [7, 11) is 1.53. The minimum atomic E-state index is -0.693. The van der Waals surface area contributed by atoms with E-state index in [9.17, 15) is 14.7 Å². The normalized spacial score (nSPS) is 19.4. The van der Waals surface area contributed by atoms with E-state index < -0.39 is 11.9 Å². The number of benzene rings is 2. The first-order valence-electron chi connectivity index (χ1n) is 12.1. The third-order valence-corrected chi connectivity index (χ3v) is 7.45. The summed E-state index contributed by atoms with van der Waals surface area (Å²) < 4.78 is 16.6. The highest BCUT2D eigenvalue weighted by atomic mass is 79.9. The molecule has 0 saturated heterocycles. The molecule has 0 unspecified atom stereocenters. The quantitative estimate of drug-likeness (QED) is 0.298. The van der Waals surface area contributed by atoms with Gasteiger partial charge in [0.15, 0.2) is 17.3 Å². The van der Waals surface area contributed by atoms with Gasteiger partial charge < -0.3 is 24.6 Å². The lowest BCUT2D eigenvalue weighted by atomic mass is 9.71. The molecule has 37 heavy (non-hydrogen) atoms. The molecule has 7 nitrogen and oxygen atoms in total. The van der Waals surface area contributed by atoms with Crippen molar-refractivity contribution >= 4 is 39.3 Å². The van der Waals surface area contributed by atoms with Crippen LogP contribution < -0.4 is 10.1 Å². The Kier molecular flexibility index (Phi) is 8.62. The summed E-state index contributed by atoms with van der Waals surface area (Å²) in [6.45, 7) is 4.30. The highest BCUT2D eigenvalue weighted by Crippen LogP contribution is 2.48. The zero-order chi connectivity index (χ0) is 26.7. The van der Waals surface area contributed by atoms with Gasteiger partial charge in [-0.2, -0.15) is 0 Å². The molecule has 2 aromatic rings. The summed E-state index contributed by atoms with van der Waals surface area (Å²) in [5, 5.41) is 14.5. The van der Waals surface area contributed by atoms with E-state index in [1.165, 1.54) is 7.11 Å². The van der Waals surface area contributed by atoms with Crippen LogP contribution in [0.15, 0.2) is 63.4 Å². The van der Waals surface area contributed by atoms with Crippen molar-refractivity contribution in [2.24, 2.45) is 0 Å². The standard InChI is InChI=1S/C28H29BrClNO6/c1-4-36-23-14-18(11-20(29)27(23)33)25-24(28(34)37-10-9-35-3)15(2)31-21-12-17(13-22(32)26(21)25)16-5-7-19(30)8-6-16/h5-8,11,14,17,25,31,33H,4,9-10,12-13H2,1-3H3/t17-,25-/m0/s1. The summed E-state index contributed by atoms with van der Waals surface area (Å²) in [6.07, 6.45) is 0.890. The first-order chi connectivity index (χ1) is 17.7. The number of halogens is 2. The van der Waals surface area contributed by atoms with Crippen LogP contribution in [0.5, 0.6) is 11.5 Å². The van der Waals surface area contributed by atoms with Gasteiger partial charge in [-0.15, -0.1) is 0 Å². The summed E-state index contributed by atoms with van der Waals surface area (Å²) in [5.74, 6) is -1.09. The molecule has 1 aliphatic heterocycles. The number of allylic oxidation sites excluding steroid dienone is 3. The fourth-order valence-corrected chi connectivity index (χ4v) is 5.52. The number of nitrogens with one attached hydrogen (secondary N) is 1. The molecule has 1 aliphatic carbocycles. The largest absolute Gasteiger partial charge is 0.503 e. The molecule has 2 N–H and O–H groups in total. The predicted molar refractivity (Wildman–Crippen MR) is 144 cm³/mol. The maximum absolute atomic E-state index is 13.7. The summed E-state index contributed by atoms with van der Waals surface area (Å²) in [5.41, 5.74) is 3.91. The van der Waals surface area contributed by atoms with E-state index in [2.05, 4.69) is 21.2 Å². The van der Waals surface area contributed by atoms with E-state index in [-0.39, 0.29) is 36.4 Å². The number of aromatic hydroxyl groups is 1. The molecule has 0 bridgehead atoms. The number of ether oxygens (including phenoxy) is 3. The fourth-order valence-electron chi connectivity index (χ4n) is 4.94. The molecule has 2 atom stereocenters. The molecule has 0 radical (unpaired) electrons. The number of carbonyl (C=O) groups is 2. The van der Waals surface area contributed by atoms with Gasteiger partial charge in [-0.3, -0.25) is 4.79 Å². The zero-order valence-corrected chi connectivity index (χ0v) is 23.2. The summed E-state index contributed by atoms with van der Waals surface area (Å²) >= 11 is 9.47. The Balaban J connectivity index is 1.81. The van der Waals surface area contributed by atoms with Crippen molar-refractivity contribution in [1.82, 2.24) is 5.32 Å². The second kappa shape index (κ2) is 11.7. The van der Waals surface area contributed by atoms with E-state index in [0.717, 1.165) is 11.3 Å². The van der Waals surface area contributed by atoms with E-state index in [0.29, 0.717) is 51.4 Å². The molecule has 4 rings (SSSR count). The van der Waals surface area contributed by atoms with Crippen molar-refractivity contribution < 1.29 is 28.9 Å². The minimum absolute atomic E-state index is 0.0230. The van der Waals surface area contributed by atoms with Crippen molar-refractivity contribution in [1.29, 1.82) is 0 Å². The fraction of sp³-hybridized carbons (Fsp3) is 0.357. The van der Waals surface area contributed by atoms with Gasteiger partial charge in [0.2, 0.25) is 0 Å². The van der Waals surface area contributed by atoms with Crippen molar-refractivity contribution in [3.8, 4) is 11.5 Å². The van der Waals surface area contributed by atoms with Gasteiger partial charge in [0.25, 0.3) is 0 Å². The number of Topliss-reactive ketones (excluding diaryl/α,β-unsaturated/α-hetero) is 1. The number of dihydropyridines is 1. The number of methoxy groups -OCH3 is 1. The molecule has 2 aliphatic rings. The predicted octanol–water partition coefficient (Wildman–Crippen LogP) is 5.76. The molecule has 196 valence electrons. The van der Waals surface area contributed by atoms with E-state index in [4.69, 9.17) is 25.8 Å². The van der Waals surface area contributed by atoms with Crippen LogP contribution in [0, 0.1) is 0 Å². The number of hydrogen-bond acceptors (Lipinski definition) is 7. The molecule has 9 heteroatoms. The second-order valence-corrected chi connectivity index (χ2v) is 10.3. The molecule has 0 aromatic heterocycles. The Morgan fingerprint density at radius 2 is 1.89 bits per heavy atom. The maximum Gasteiger partial charge on any atom is 0.336 e. The monoisotopic (exact) mass is 589 g/mol. The van der Waals surface area contributed by atoms with Gasteiger partial charge in [0.05, 0.1) is 23.3 Å². The van der Waals surface area contributed by atoms with Crippen molar-refractivity contribution in [3.05, 3.63) is 79.6 Å². The number of esters is 1. The molecule has 0 amide bonds. The van der Waals surface area contributed by atoms with Crippen LogP contribution in [0.2, 0.25) is 5.02 Å². The lowest BCUT2D eigenvalue weighted by Crippen LogP contribution is -2.36. The number of phenolic OH excluding ortho intramolecular Hbond substituents is 1. The Morgan fingerprint density at radius 1 is 1.16 bits per heavy atom. The molecule has 0 spiro atoms. The lowest BCUT2D eigenvalue weighted by Gasteiger charge is -2.37. The van der Waals surface area contributed by atoms with Crippen LogP contribution in [-0.4, -0.2) is 43.8 Å². The Labute approximate surface area is 229 Å². The lowest BCUT2D eigenvalue weighted by molar-refractivity contribution is -0.140. The van der Waals surface area contributed by atoms with Crippen LogP contribution in [0.25, 0.3) is 0 Å². The van der Waals surface area contributed by atoms with Crippen molar-refractivity contribution in [2.45, 2.75) is 38.5 Å². The molecule has 0 saturated carbocycles. The first-order valence-corrected chi connectivity index (χ1v) is 13.2. The van der Waals surface area contributed by atoms with Crippen LogP contribution in [0.4, 0.5) is 0 Å². The third kappa shape index (κ3) is 5.71. The van der Waals surface area contributed by atoms with Crippen molar-refractivity contribution in [3.63, 3.8) is 0 Å². The maximum atomic E-state index is 13.7. The molecule has 1 heterocycles. The molecular weight excluding hydrogens is 562 g/mol. The Hall–Kier alpha value is -2.81. The zero-order valence-electron chi connectivity index (χ0n) is 20.9. The van der Waals surface area contributed by atoms with Gasteiger partial charge in [0, 0.05) is 41.4 Å². The topological polar surface area (TPSA) is 94.1 Å². The van der Waals surface area contributed by atoms with Crippen molar-refractivity contribution in [2.75, 3.05) is 26.9 Å². The van der Waals surface area contributed by atoms with Crippen LogP contribution >= 0.6 is 27.5 Å².